The van der Waals surface area contributed by atoms with Crippen molar-refractivity contribution in [1.82, 2.24) is 5.43 Å². The van der Waals surface area contributed by atoms with E-state index in [1.54, 1.807) is 18.3 Å². The highest BCUT2D eigenvalue weighted by atomic mass is 16.6. The van der Waals surface area contributed by atoms with Crippen LogP contribution in [-0.2, 0) is 11.2 Å². The Hall–Kier alpha value is -3.02. The van der Waals surface area contributed by atoms with E-state index in [2.05, 4.69) is 10.5 Å². The molecule has 6 nitrogen and oxygen atoms in total. The summed E-state index contributed by atoms with van der Waals surface area (Å²) in [6, 6.07) is 13.6. The summed E-state index contributed by atoms with van der Waals surface area (Å²) < 4.78 is 0. The van der Waals surface area contributed by atoms with E-state index >= 15 is 0 Å². The minimum atomic E-state index is -0.476. The summed E-state index contributed by atoms with van der Waals surface area (Å²) in [5.41, 5.74) is 5.13. The van der Waals surface area contributed by atoms with Gasteiger partial charge in [-0.05, 0) is 18.1 Å². The summed E-state index contributed by atoms with van der Waals surface area (Å²) in [4.78, 5) is 21.8. The summed E-state index contributed by atoms with van der Waals surface area (Å²) >= 11 is 0. The summed E-state index contributed by atoms with van der Waals surface area (Å²) in [5, 5.41) is 14.4. The van der Waals surface area contributed by atoms with Crippen molar-refractivity contribution < 1.29 is 9.72 Å². The van der Waals surface area contributed by atoms with E-state index in [0.717, 1.165) is 11.1 Å². The lowest BCUT2D eigenvalue weighted by Gasteiger charge is -2.00. The molecule has 112 valence electrons. The Bertz CT molecular complexity index is 709. The minimum Gasteiger partial charge on any atom is -0.273 e. The van der Waals surface area contributed by atoms with Crippen molar-refractivity contribution in [2.75, 3.05) is 0 Å². The van der Waals surface area contributed by atoms with Gasteiger partial charge in [0.1, 0.15) is 0 Å². The molecule has 2 aromatic carbocycles. The van der Waals surface area contributed by atoms with Gasteiger partial charge in [-0.2, -0.15) is 5.10 Å². The van der Waals surface area contributed by atoms with Crippen molar-refractivity contribution in [3.63, 3.8) is 0 Å². The van der Waals surface area contributed by atoms with Gasteiger partial charge in [0.05, 0.1) is 17.6 Å². The van der Waals surface area contributed by atoms with Crippen LogP contribution < -0.4 is 5.43 Å². The van der Waals surface area contributed by atoms with Gasteiger partial charge in [0.15, 0.2) is 0 Å². The summed E-state index contributed by atoms with van der Waals surface area (Å²) in [6.45, 7) is 1.98. The maximum atomic E-state index is 11.7. The van der Waals surface area contributed by atoms with E-state index < -0.39 is 4.92 Å². The molecule has 22 heavy (non-hydrogen) atoms. The molecule has 0 saturated heterocycles. The maximum absolute atomic E-state index is 11.7. The topological polar surface area (TPSA) is 84.6 Å². The molecule has 0 atom stereocenters. The number of nitro groups is 1. The second-order valence-corrected chi connectivity index (χ2v) is 4.81. The van der Waals surface area contributed by atoms with Crippen LogP contribution in [0.1, 0.15) is 16.7 Å². The number of amides is 1. The van der Waals surface area contributed by atoms with E-state index in [-0.39, 0.29) is 18.0 Å². The predicted octanol–water partition coefficient (Wildman–Crippen LogP) is 2.60. The summed E-state index contributed by atoms with van der Waals surface area (Å²) in [5.74, 6) is -0.280. The number of aryl methyl sites for hydroxylation is 1. The lowest BCUT2D eigenvalue weighted by atomic mass is 10.1. The molecule has 2 rings (SSSR count). The molecule has 1 amide bonds. The summed E-state index contributed by atoms with van der Waals surface area (Å²) in [6.07, 6.45) is 1.68. The van der Waals surface area contributed by atoms with E-state index in [0.29, 0.717) is 5.56 Å². The van der Waals surface area contributed by atoms with Crippen LogP contribution in [-0.4, -0.2) is 17.0 Å². The number of nitrogens with one attached hydrogen (secondary N) is 1. The largest absolute Gasteiger partial charge is 0.273 e. The quantitative estimate of drug-likeness (QED) is 0.523. The number of hydrogen-bond donors (Lipinski definition) is 1. The molecule has 2 aromatic rings. The van der Waals surface area contributed by atoms with Crippen LogP contribution in [0.15, 0.2) is 53.6 Å². The lowest BCUT2D eigenvalue weighted by molar-refractivity contribution is -0.384. The predicted molar refractivity (Wildman–Crippen MR) is 83.7 cm³/mol. The molecule has 0 fully saturated rings. The Morgan fingerprint density at radius 2 is 2.00 bits per heavy atom. The molecule has 0 spiro atoms. The Labute approximate surface area is 127 Å². The van der Waals surface area contributed by atoms with Crippen LogP contribution in [0.5, 0.6) is 0 Å². The molecule has 6 heteroatoms. The van der Waals surface area contributed by atoms with Crippen molar-refractivity contribution in [3.8, 4) is 0 Å². The number of hydrogen-bond acceptors (Lipinski definition) is 4. The highest BCUT2D eigenvalue weighted by Gasteiger charge is 2.06. The zero-order valence-corrected chi connectivity index (χ0v) is 12.0. The fourth-order valence-electron chi connectivity index (χ4n) is 1.89. The molecule has 0 radical (unpaired) electrons. The number of nitrogens with zero attached hydrogens (tertiary/aromatic N) is 2. The highest BCUT2D eigenvalue weighted by Crippen LogP contribution is 2.12. The number of rotatable bonds is 5. The first-order valence-corrected chi connectivity index (χ1v) is 6.66. The van der Waals surface area contributed by atoms with E-state index in [9.17, 15) is 14.9 Å². The molecular weight excluding hydrogens is 282 g/mol. The van der Waals surface area contributed by atoms with Crippen LogP contribution in [0.3, 0.4) is 0 Å². The number of hydrazone groups is 1. The number of carbonyl (C=O) groups is 1. The van der Waals surface area contributed by atoms with Crippen LogP contribution in [0.2, 0.25) is 0 Å². The third-order valence-corrected chi connectivity index (χ3v) is 2.96. The van der Waals surface area contributed by atoms with Gasteiger partial charge in [-0.15, -0.1) is 0 Å². The van der Waals surface area contributed by atoms with Crippen LogP contribution in [0.4, 0.5) is 5.69 Å². The maximum Gasteiger partial charge on any atom is 0.269 e. The Balaban J connectivity index is 1.89. The zero-order valence-electron chi connectivity index (χ0n) is 12.0. The molecular formula is C16H15N3O3. The van der Waals surface area contributed by atoms with Gasteiger partial charge in [0.2, 0.25) is 5.91 Å². The SMILES string of the molecule is Cc1cccc(C=NNC(=O)Cc2ccc([N+](=O)[O-])cc2)c1. The number of non-ortho nitro benzene ring substituents is 1. The molecule has 0 unspecified atom stereocenters. The molecule has 0 heterocycles. The van der Waals surface area contributed by atoms with Crippen molar-refractivity contribution >= 4 is 17.8 Å². The lowest BCUT2D eigenvalue weighted by Crippen LogP contribution is -2.19. The first-order valence-electron chi connectivity index (χ1n) is 6.66. The van der Waals surface area contributed by atoms with Crippen LogP contribution in [0, 0.1) is 17.0 Å². The molecule has 0 aliphatic heterocycles. The molecule has 0 saturated carbocycles. The second-order valence-electron chi connectivity index (χ2n) is 4.81. The Kier molecular flexibility index (Phi) is 4.98. The number of benzene rings is 2. The molecule has 0 bridgehead atoms. The van der Waals surface area contributed by atoms with Crippen LogP contribution in [0.25, 0.3) is 0 Å². The highest BCUT2D eigenvalue weighted by molar-refractivity contribution is 5.83. The van der Waals surface area contributed by atoms with Crippen molar-refractivity contribution in [2.24, 2.45) is 5.10 Å². The molecule has 0 aliphatic rings. The van der Waals surface area contributed by atoms with Gasteiger partial charge in [-0.3, -0.25) is 14.9 Å². The zero-order chi connectivity index (χ0) is 15.9. The third kappa shape index (κ3) is 4.52. The number of nitro benzene ring substituents is 1. The van der Waals surface area contributed by atoms with E-state index in [1.807, 2.05) is 31.2 Å². The second kappa shape index (κ2) is 7.12. The third-order valence-electron chi connectivity index (χ3n) is 2.96. The van der Waals surface area contributed by atoms with Gasteiger partial charge < -0.3 is 0 Å². The fourth-order valence-corrected chi connectivity index (χ4v) is 1.89. The van der Waals surface area contributed by atoms with Crippen LogP contribution >= 0.6 is 0 Å². The standard InChI is InChI=1S/C16H15N3O3/c1-12-3-2-4-14(9-12)11-17-18-16(20)10-13-5-7-15(8-6-13)19(21)22/h2-9,11H,10H2,1H3,(H,18,20). The smallest absolute Gasteiger partial charge is 0.269 e. The Morgan fingerprint density at radius 1 is 1.27 bits per heavy atom. The van der Waals surface area contributed by atoms with E-state index in [4.69, 9.17) is 0 Å². The summed E-state index contributed by atoms with van der Waals surface area (Å²) in [7, 11) is 0. The van der Waals surface area contributed by atoms with Crippen molar-refractivity contribution in [3.05, 3.63) is 75.3 Å². The average molecular weight is 297 g/mol. The monoisotopic (exact) mass is 297 g/mol. The van der Waals surface area contributed by atoms with Gasteiger partial charge in [-0.1, -0.05) is 42.0 Å². The van der Waals surface area contributed by atoms with Crippen molar-refractivity contribution in [2.45, 2.75) is 13.3 Å². The van der Waals surface area contributed by atoms with Crippen molar-refractivity contribution in [1.29, 1.82) is 0 Å². The number of carbonyl (C=O) groups excluding carboxylic acids is 1. The van der Waals surface area contributed by atoms with Gasteiger partial charge in [0, 0.05) is 12.1 Å². The molecule has 1 N–H and O–H groups in total. The first-order chi connectivity index (χ1) is 10.5. The van der Waals surface area contributed by atoms with E-state index in [1.165, 1.54) is 12.1 Å². The fraction of sp³-hybridized carbons (Fsp3) is 0.125. The van der Waals surface area contributed by atoms with Gasteiger partial charge >= 0.3 is 0 Å². The Morgan fingerprint density at radius 3 is 2.64 bits per heavy atom. The average Bonchev–Trinajstić information content (AvgIpc) is 2.48. The minimum absolute atomic E-state index is 0.00151. The normalized spacial score (nSPS) is 10.6. The van der Waals surface area contributed by atoms with Gasteiger partial charge in [0.25, 0.3) is 5.69 Å². The molecule has 0 aliphatic carbocycles. The van der Waals surface area contributed by atoms with Gasteiger partial charge in [-0.25, -0.2) is 5.43 Å². The molecule has 0 aromatic heterocycles. The first kappa shape index (κ1) is 15.4.